The third-order valence-electron chi connectivity index (χ3n) is 5.83. The zero-order chi connectivity index (χ0) is 17.3. The van der Waals surface area contributed by atoms with Gasteiger partial charge in [-0.3, -0.25) is 9.69 Å². The number of hydrogen-bond donors (Lipinski definition) is 0. The van der Waals surface area contributed by atoms with Gasteiger partial charge in [-0.2, -0.15) is 0 Å². The molecule has 3 heterocycles. The van der Waals surface area contributed by atoms with Gasteiger partial charge in [-0.15, -0.1) is 5.10 Å². The first-order valence-corrected chi connectivity index (χ1v) is 9.15. The van der Waals surface area contributed by atoms with E-state index in [4.69, 9.17) is 0 Å². The molecule has 0 spiro atoms. The second-order valence-corrected chi connectivity index (χ2v) is 7.13. The van der Waals surface area contributed by atoms with Gasteiger partial charge >= 0.3 is 0 Å². The number of benzene rings is 1. The summed E-state index contributed by atoms with van der Waals surface area (Å²) in [6, 6.07) is 10.8. The van der Waals surface area contributed by atoms with Crippen LogP contribution in [0, 0.1) is 0 Å². The second-order valence-electron chi connectivity index (χ2n) is 7.13. The Balaban J connectivity index is 1.56. The van der Waals surface area contributed by atoms with Crippen molar-refractivity contribution in [1.29, 1.82) is 0 Å². The third-order valence-corrected chi connectivity index (χ3v) is 5.83. The minimum Gasteiger partial charge on any atom is -0.337 e. The highest BCUT2D eigenvalue weighted by molar-refractivity contribution is 5.92. The summed E-state index contributed by atoms with van der Waals surface area (Å²) in [6.07, 6.45) is 6.07. The molecule has 0 atom stereocenters. The number of nitrogens with zero attached hydrogens (tertiary/aromatic N) is 5. The van der Waals surface area contributed by atoms with E-state index in [-0.39, 0.29) is 11.4 Å². The predicted molar refractivity (Wildman–Crippen MR) is 95.1 cm³/mol. The average molecular weight is 339 g/mol. The van der Waals surface area contributed by atoms with Crippen molar-refractivity contribution in [2.45, 2.75) is 31.2 Å². The topological polar surface area (TPSA) is 54.3 Å². The van der Waals surface area contributed by atoms with E-state index in [1.807, 2.05) is 4.90 Å². The molecule has 132 valence electrons. The maximum absolute atomic E-state index is 12.8. The Labute approximate surface area is 148 Å². The molecule has 1 aromatic heterocycles. The Bertz CT molecular complexity index is 727. The van der Waals surface area contributed by atoms with Crippen LogP contribution >= 0.6 is 0 Å². The van der Waals surface area contributed by atoms with E-state index in [2.05, 4.69) is 45.5 Å². The first-order chi connectivity index (χ1) is 12.2. The molecule has 2 saturated heterocycles. The average Bonchev–Trinajstić information content (AvgIpc) is 3.34. The lowest BCUT2D eigenvalue weighted by molar-refractivity contribution is 0.0289. The van der Waals surface area contributed by atoms with Crippen molar-refractivity contribution in [2.24, 2.45) is 7.05 Å². The van der Waals surface area contributed by atoms with Crippen LogP contribution in [0.3, 0.4) is 0 Å². The van der Waals surface area contributed by atoms with Crippen molar-refractivity contribution in [3.05, 3.63) is 47.8 Å². The van der Waals surface area contributed by atoms with E-state index < -0.39 is 0 Å². The summed E-state index contributed by atoms with van der Waals surface area (Å²) in [5.74, 6) is 0.0376. The summed E-state index contributed by atoms with van der Waals surface area (Å²) in [6.45, 7) is 3.87. The van der Waals surface area contributed by atoms with E-state index in [1.165, 1.54) is 18.4 Å². The van der Waals surface area contributed by atoms with Gasteiger partial charge in [-0.05, 0) is 44.3 Å². The van der Waals surface area contributed by atoms with Gasteiger partial charge in [0.05, 0.1) is 6.20 Å². The molecule has 2 aliphatic heterocycles. The molecule has 0 saturated carbocycles. The van der Waals surface area contributed by atoms with Crippen LogP contribution in [0.1, 0.15) is 41.7 Å². The quantitative estimate of drug-likeness (QED) is 0.859. The van der Waals surface area contributed by atoms with E-state index in [9.17, 15) is 4.79 Å². The summed E-state index contributed by atoms with van der Waals surface area (Å²) in [5.41, 5.74) is 2.03. The lowest BCUT2D eigenvalue weighted by atomic mass is 9.79. The van der Waals surface area contributed by atoms with Gasteiger partial charge in [-0.1, -0.05) is 35.5 Å². The Morgan fingerprint density at radius 3 is 2.32 bits per heavy atom. The number of piperidine rings is 1. The standard InChI is InChI=1S/C19H25N5O/c1-22-17(15-20-21-22)18(25)23-13-9-19(10-14-23,24-11-5-6-12-24)16-7-3-2-4-8-16/h2-4,7-8,15H,5-6,9-14H2,1H3. The monoisotopic (exact) mass is 339 g/mol. The van der Waals surface area contributed by atoms with Crippen LogP contribution in [0.4, 0.5) is 0 Å². The first kappa shape index (κ1) is 16.3. The van der Waals surface area contributed by atoms with Gasteiger partial charge in [0.1, 0.15) is 5.69 Å². The predicted octanol–water partition coefficient (Wildman–Crippen LogP) is 2.04. The summed E-state index contributed by atoms with van der Waals surface area (Å²) in [4.78, 5) is 17.4. The largest absolute Gasteiger partial charge is 0.337 e. The molecular formula is C19H25N5O. The molecule has 1 aromatic carbocycles. The summed E-state index contributed by atoms with van der Waals surface area (Å²) < 4.78 is 1.56. The molecule has 0 N–H and O–H groups in total. The van der Waals surface area contributed by atoms with Crippen molar-refractivity contribution >= 4 is 5.91 Å². The maximum Gasteiger partial charge on any atom is 0.273 e. The lowest BCUT2D eigenvalue weighted by Gasteiger charge is -2.48. The molecule has 2 fully saturated rings. The minimum absolute atomic E-state index is 0.0376. The molecule has 0 aliphatic carbocycles. The molecule has 6 heteroatoms. The highest BCUT2D eigenvalue weighted by Crippen LogP contribution is 2.41. The smallest absolute Gasteiger partial charge is 0.273 e. The molecule has 25 heavy (non-hydrogen) atoms. The summed E-state index contributed by atoms with van der Waals surface area (Å²) in [5, 5.41) is 7.72. The van der Waals surface area contributed by atoms with Crippen LogP contribution in [0.2, 0.25) is 0 Å². The molecule has 4 rings (SSSR count). The highest BCUT2D eigenvalue weighted by Gasteiger charge is 2.43. The number of likely N-dealkylation sites (tertiary alicyclic amines) is 2. The highest BCUT2D eigenvalue weighted by atomic mass is 16.2. The Kier molecular flexibility index (Phi) is 4.29. The van der Waals surface area contributed by atoms with Crippen LogP contribution in [0.5, 0.6) is 0 Å². The van der Waals surface area contributed by atoms with Gasteiger partial charge in [-0.25, -0.2) is 4.68 Å². The van der Waals surface area contributed by atoms with Crippen LogP contribution < -0.4 is 0 Å². The molecule has 2 aromatic rings. The zero-order valence-electron chi connectivity index (χ0n) is 14.8. The van der Waals surface area contributed by atoms with E-state index in [0.717, 1.165) is 39.0 Å². The van der Waals surface area contributed by atoms with Crippen molar-refractivity contribution < 1.29 is 4.79 Å². The molecule has 0 unspecified atom stereocenters. The molecule has 1 amide bonds. The van der Waals surface area contributed by atoms with Crippen LogP contribution in [0.15, 0.2) is 36.5 Å². The Hall–Kier alpha value is -2.21. The fourth-order valence-electron chi connectivity index (χ4n) is 4.41. The molecule has 0 bridgehead atoms. The van der Waals surface area contributed by atoms with Crippen LogP contribution in [0.25, 0.3) is 0 Å². The van der Waals surface area contributed by atoms with Crippen molar-refractivity contribution in [1.82, 2.24) is 24.8 Å². The number of rotatable bonds is 3. The fraction of sp³-hybridized carbons (Fsp3) is 0.526. The van der Waals surface area contributed by atoms with Crippen molar-refractivity contribution in [2.75, 3.05) is 26.2 Å². The molecule has 2 aliphatic rings. The zero-order valence-corrected chi connectivity index (χ0v) is 14.8. The summed E-state index contributed by atoms with van der Waals surface area (Å²) in [7, 11) is 1.77. The van der Waals surface area contributed by atoms with E-state index >= 15 is 0 Å². The number of hydrogen-bond acceptors (Lipinski definition) is 4. The van der Waals surface area contributed by atoms with Gasteiger partial charge in [0.2, 0.25) is 0 Å². The molecule has 0 radical (unpaired) electrons. The maximum atomic E-state index is 12.8. The summed E-state index contributed by atoms with van der Waals surface area (Å²) >= 11 is 0. The first-order valence-electron chi connectivity index (χ1n) is 9.15. The second kappa shape index (κ2) is 6.59. The number of aromatic nitrogens is 3. The van der Waals surface area contributed by atoms with Crippen molar-refractivity contribution in [3.63, 3.8) is 0 Å². The van der Waals surface area contributed by atoms with Gasteiger partial charge < -0.3 is 4.90 Å². The minimum atomic E-state index is 0.0376. The van der Waals surface area contributed by atoms with Crippen LogP contribution in [-0.2, 0) is 12.6 Å². The van der Waals surface area contributed by atoms with E-state index in [0.29, 0.717) is 5.69 Å². The van der Waals surface area contributed by atoms with Gasteiger partial charge in [0.25, 0.3) is 5.91 Å². The third kappa shape index (κ3) is 2.84. The SMILES string of the molecule is Cn1nncc1C(=O)N1CCC(c2ccccc2)(N2CCCC2)CC1. The fourth-order valence-corrected chi connectivity index (χ4v) is 4.41. The number of amides is 1. The number of carbonyl (C=O) groups excluding carboxylic acids is 1. The lowest BCUT2D eigenvalue weighted by Crippen LogP contribution is -2.53. The Morgan fingerprint density at radius 1 is 1.04 bits per heavy atom. The van der Waals surface area contributed by atoms with E-state index in [1.54, 1.807) is 17.9 Å². The van der Waals surface area contributed by atoms with Crippen molar-refractivity contribution in [3.8, 4) is 0 Å². The Morgan fingerprint density at radius 2 is 1.72 bits per heavy atom. The normalized spacial score (nSPS) is 20.8. The van der Waals surface area contributed by atoms with Gasteiger partial charge in [0.15, 0.2) is 0 Å². The van der Waals surface area contributed by atoms with Crippen LogP contribution in [-0.4, -0.2) is 56.9 Å². The molecule has 6 nitrogen and oxygen atoms in total. The van der Waals surface area contributed by atoms with Gasteiger partial charge in [0, 0.05) is 25.7 Å². The number of aryl methyl sites for hydroxylation is 1. The number of carbonyl (C=O) groups is 1. The molecular weight excluding hydrogens is 314 g/mol.